The number of primary amides is 1. The number of nitrogens with two attached hydrogens (primary N) is 1. The van der Waals surface area contributed by atoms with Gasteiger partial charge in [0.05, 0.1) is 12.1 Å². The molecule has 72 valence electrons. The summed E-state index contributed by atoms with van der Waals surface area (Å²) in [5.74, 6) is -0.414. The van der Waals surface area contributed by atoms with Gasteiger partial charge >= 0.3 is 0 Å². The smallest absolute Gasteiger partial charge is 0.248 e. The van der Waals surface area contributed by atoms with Crippen LogP contribution in [-0.4, -0.2) is 22.5 Å². The van der Waals surface area contributed by atoms with Crippen LogP contribution < -0.4 is 5.73 Å². The van der Waals surface area contributed by atoms with E-state index in [1.165, 1.54) is 18.0 Å². The van der Waals surface area contributed by atoms with E-state index in [1.807, 2.05) is 28.7 Å². The second-order valence-corrected chi connectivity index (χ2v) is 3.72. The van der Waals surface area contributed by atoms with Crippen molar-refractivity contribution in [2.45, 2.75) is 0 Å². The van der Waals surface area contributed by atoms with Crippen molar-refractivity contribution >= 4 is 22.8 Å². The maximum Gasteiger partial charge on any atom is 0.248 e. The molecule has 0 fully saturated rings. The van der Waals surface area contributed by atoms with Gasteiger partial charge in [-0.1, -0.05) is 17.8 Å². The minimum atomic E-state index is -0.414. The third-order valence-corrected chi connectivity index (χ3v) is 2.71. The Morgan fingerprint density at radius 3 is 3.21 bits per heavy atom. The van der Waals surface area contributed by atoms with Crippen LogP contribution in [0.5, 0.6) is 0 Å². The summed E-state index contributed by atoms with van der Waals surface area (Å²) in [4.78, 5) is 17.0. The summed E-state index contributed by atoms with van der Waals surface area (Å²) in [5.41, 5.74) is 5.71. The predicted molar refractivity (Wildman–Crippen MR) is 57.3 cm³/mol. The highest BCUT2D eigenvalue weighted by Gasteiger charge is 2.18. The molecule has 2 aliphatic heterocycles. The van der Waals surface area contributed by atoms with Gasteiger partial charge in [0.1, 0.15) is 0 Å². The van der Waals surface area contributed by atoms with Gasteiger partial charge in [-0.3, -0.25) is 4.79 Å². The number of fused-ring (bicyclic) bond motifs is 1. The highest BCUT2D eigenvalue weighted by atomic mass is 32.2. The van der Waals surface area contributed by atoms with Gasteiger partial charge in [0.2, 0.25) is 5.91 Å². The van der Waals surface area contributed by atoms with Gasteiger partial charge in [-0.15, -0.1) is 0 Å². The number of allylic oxidation sites excluding steroid dienone is 2. The molecule has 0 saturated carbocycles. The molecular formula is C9H9N3OS. The molecule has 2 heterocycles. The molecule has 5 heteroatoms. The monoisotopic (exact) mass is 207 g/mol. The van der Waals surface area contributed by atoms with Crippen molar-refractivity contribution < 1.29 is 4.79 Å². The van der Waals surface area contributed by atoms with Gasteiger partial charge in [-0.2, -0.15) is 0 Å². The number of hydrogen-bond donors (Lipinski definition) is 1. The van der Waals surface area contributed by atoms with Crippen LogP contribution in [-0.2, 0) is 4.79 Å². The zero-order valence-electron chi connectivity index (χ0n) is 7.38. The van der Waals surface area contributed by atoms with E-state index in [-0.39, 0.29) is 0 Å². The molecule has 14 heavy (non-hydrogen) atoms. The SMILES string of the molecule is NC(=O)C1=CN=C2SC=CC=CN2C1. The molecule has 0 bridgehead atoms. The Kier molecular flexibility index (Phi) is 2.41. The Bertz CT molecular complexity index is 382. The van der Waals surface area contributed by atoms with E-state index in [4.69, 9.17) is 5.73 Å². The molecule has 0 atom stereocenters. The molecule has 0 aromatic rings. The van der Waals surface area contributed by atoms with E-state index < -0.39 is 5.91 Å². The van der Waals surface area contributed by atoms with E-state index >= 15 is 0 Å². The Balaban J connectivity index is 2.26. The van der Waals surface area contributed by atoms with E-state index in [9.17, 15) is 4.79 Å². The summed E-state index contributed by atoms with van der Waals surface area (Å²) >= 11 is 1.52. The predicted octanol–water partition coefficient (Wildman–Crippen LogP) is 0.801. The lowest BCUT2D eigenvalue weighted by molar-refractivity contribution is -0.114. The summed E-state index contributed by atoms with van der Waals surface area (Å²) in [6.07, 6.45) is 7.24. The van der Waals surface area contributed by atoms with Crippen molar-refractivity contribution in [3.63, 3.8) is 0 Å². The molecule has 0 aromatic carbocycles. The van der Waals surface area contributed by atoms with Crippen LogP contribution >= 0.6 is 11.8 Å². The molecule has 2 rings (SSSR count). The van der Waals surface area contributed by atoms with Crippen LogP contribution in [0, 0.1) is 0 Å². The summed E-state index contributed by atoms with van der Waals surface area (Å²) < 4.78 is 0. The lowest BCUT2D eigenvalue weighted by Crippen LogP contribution is -2.32. The van der Waals surface area contributed by atoms with Crippen molar-refractivity contribution in [2.24, 2.45) is 10.7 Å². The van der Waals surface area contributed by atoms with Crippen molar-refractivity contribution in [3.8, 4) is 0 Å². The highest BCUT2D eigenvalue weighted by molar-refractivity contribution is 8.16. The lowest BCUT2D eigenvalue weighted by atomic mass is 10.2. The number of carbonyl (C=O) groups excluding carboxylic acids is 1. The minimum absolute atomic E-state index is 0.414. The highest BCUT2D eigenvalue weighted by Crippen LogP contribution is 2.19. The van der Waals surface area contributed by atoms with E-state index in [2.05, 4.69) is 4.99 Å². The number of carbonyl (C=O) groups is 1. The average Bonchev–Trinajstić information content (AvgIpc) is 2.41. The molecular weight excluding hydrogens is 198 g/mol. The first-order chi connectivity index (χ1) is 6.77. The molecule has 2 aliphatic rings. The number of thioether (sulfide) groups is 1. The molecule has 0 spiro atoms. The van der Waals surface area contributed by atoms with Crippen LogP contribution in [0.2, 0.25) is 0 Å². The minimum Gasteiger partial charge on any atom is -0.366 e. The number of hydrogen-bond acceptors (Lipinski definition) is 4. The Morgan fingerprint density at radius 2 is 2.43 bits per heavy atom. The summed E-state index contributed by atoms with van der Waals surface area (Å²) in [7, 11) is 0. The number of nitrogens with zero attached hydrogens (tertiary/aromatic N) is 2. The number of amides is 1. The van der Waals surface area contributed by atoms with Gasteiger partial charge in [-0.05, 0) is 11.5 Å². The Morgan fingerprint density at radius 1 is 1.57 bits per heavy atom. The number of rotatable bonds is 1. The largest absolute Gasteiger partial charge is 0.366 e. The van der Waals surface area contributed by atoms with Crippen molar-refractivity contribution in [2.75, 3.05) is 6.54 Å². The molecule has 0 aromatic heterocycles. The Labute approximate surface area is 85.9 Å². The maximum atomic E-state index is 10.9. The van der Waals surface area contributed by atoms with Crippen molar-refractivity contribution in [1.29, 1.82) is 0 Å². The second-order valence-electron chi connectivity index (χ2n) is 2.85. The zero-order chi connectivity index (χ0) is 9.97. The van der Waals surface area contributed by atoms with Crippen LogP contribution in [0.25, 0.3) is 0 Å². The summed E-state index contributed by atoms with van der Waals surface area (Å²) in [6, 6.07) is 0. The van der Waals surface area contributed by atoms with Gasteiger partial charge in [0, 0.05) is 12.4 Å². The van der Waals surface area contributed by atoms with Gasteiger partial charge in [-0.25, -0.2) is 4.99 Å². The molecule has 1 amide bonds. The van der Waals surface area contributed by atoms with E-state index in [0.29, 0.717) is 12.1 Å². The van der Waals surface area contributed by atoms with Gasteiger partial charge in [0.25, 0.3) is 0 Å². The lowest BCUT2D eigenvalue weighted by Gasteiger charge is -2.23. The molecule has 0 saturated heterocycles. The third kappa shape index (κ3) is 1.72. The first kappa shape index (κ1) is 9.08. The standard InChI is InChI=1S/C9H9N3OS/c10-8(13)7-5-11-9-12(6-7)3-1-2-4-14-9/h1-5H,6H2,(H2,10,13). The first-order valence-corrected chi connectivity index (χ1v) is 4.98. The summed E-state index contributed by atoms with van der Waals surface area (Å²) in [6.45, 7) is 0.499. The number of amidine groups is 1. The van der Waals surface area contributed by atoms with E-state index in [0.717, 1.165) is 5.17 Å². The number of aliphatic imine (C=N–C) groups is 1. The average molecular weight is 207 g/mol. The van der Waals surface area contributed by atoms with Crippen LogP contribution in [0.3, 0.4) is 0 Å². The van der Waals surface area contributed by atoms with Gasteiger partial charge in [0.15, 0.2) is 5.17 Å². The fraction of sp³-hybridized carbons (Fsp3) is 0.111. The zero-order valence-corrected chi connectivity index (χ0v) is 8.20. The second kappa shape index (κ2) is 3.71. The maximum absolute atomic E-state index is 10.9. The fourth-order valence-corrected chi connectivity index (χ4v) is 1.82. The molecule has 2 N–H and O–H groups in total. The van der Waals surface area contributed by atoms with Crippen LogP contribution in [0.15, 0.2) is 40.5 Å². The van der Waals surface area contributed by atoms with Gasteiger partial charge < -0.3 is 10.6 Å². The Hall–Kier alpha value is -1.49. The first-order valence-electron chi connectivity index (χ1n) is 4.10. The fourth-order valence-electron chi connectivity index (χ4n) is 1.15. The topological polar surface area (TPSA) is 58.7 Å². The van der Waals surface area contributed by atoms with Crippen LogP contribution in [0.4, 0.5) is 0 Å². The normalized spacial score (nSPS) is 19.6. The van der Waals surface area contributed by atoms with Crippen molar-refractivity contribution in [3.05, 3.63) is 35.5 Å². The van der Waals surface area contributed by atoms with E-state index in [1.54, 1.807) is 0 Å². The molecule has 4 nitrogen and oxygen atoms in total. The third-order valence-electron chi connectivity index (χ3n) is 1.86. The quantitative estimate of drug-likeness (QED) is 0.692. The molecule has 0 unspecified atom stereocenters. The van der Waals surface area contributed by atoms with Crippen LogP contribution in [0.1, 0.15) is 0 Å². The summed E-state index contributed by atoms with van der Waals surface area (Å²) in [5, 5.41) is 2.80. The molecule has 0 radical (unpaired) electrons. The van der Waals surface area contributed by atoms with Crippen molar-refractivity contribution in [1.82, 2.24) is 4.90 Å². The molecule has 0 aliphatic carbocycles.